The Kier molecular flexibility index (Phi) is 5.55. The van der Waals surface area contributed by atoms with E-state index in [1.807, 2.05) is 42.5 Å². The fourth-order valence-corrected chi connectivity index (χ4v) is 4.91. The Hall–Kier alpha value is -2.99. The number of thioether (sulfide) groups is 1. The summed E-state index contributed by atoms with van der Waals surface area (Å²) in [6.07, 6.45) is 1.58. The third-order valence-corrected chi connectivity index (χ3v) is 6.42. The number of benzene rings is 3. The average molecular weight is 480 g/mol. The summed E-state index contributed by atoms with van der Waals surface area (Å²) in [7, 11) is 0. The summed E-state index contributed by atoms with van der Waals surface area (Å²) in [6, 6.07) is 22.5. The van der Waals surface area contributed by atoms with E-state index in [0.29, 0.717) is 26.5 Å². The molecule has 0 aliphatic carbocycles. The molecule has 1 aliphatic heterocycles. The van der Waals surface area contributed by atoms with Gasteiger partial charge in [-0.3, -0.25) is 14.5 Å². The van der Waals surface area contributed by atoms with Gasteiger partial charge in [0.15, 0.2) is 0 Å². The number of furan rings is 1. The molecule has 0 N–H and O–H groups in total. The zero-order chi connectivity index (χ0) is 22.2. The fourth-order valence-electron chi connectivity index (χ4n) is 3.57. The third-order valence-electron chi connectivity index (χ3n) is 5.08. The number of hydrogen-bond acceptors (Lipinski definition) is 4. The van der Waals surface area contributed by atoms with Crippen LogP contribution in [0.3, 0.4) is 0 Å². The Morgan fingerprint density at radius 1 is 0.875 bits per heavy atom. The maximum Gasteiger partial charge on any atom is 0.293 e. The first kappa shape index (κ1) is 20.9. The molecule has 0 bridgehead atoms. The summed E-state index contributed by atoms with van der Waals surface area (Å²) < 4.78 is 5.84. The van der Waals surface area contributed by atoms with Crippen LogP contribution in [0.4, 0.5) is 4.79 Å². The molecule has 2 heterocycles. The lowest BCUT2D eigenvalue weighted by Crippen LogP contribution is -2.27. The predicted octanol–water partition coefficient (Wildman–Crippen LogP) is 7.64. The SMILES string of the molecule is O=C1S/C(=C\c2ccc(-c3cc(Cl)cc(Cl)c3)o2)C(=O)N1Cc1ccc2ccccc2c1. The molecule has 0 unspecified atom stereocenters. The number of carbonyl (C=O) groups is 2. The van der Waals surface area contributed by atoms with Crippen molar-refractivity contribution in [3.8, 4) is 11.3 Å². The lowest BCUT2D eigenvalue weighted by molar-refractivity contribution is -0.123. The molecule has 1 aromatic heterocycles. The van der Waals surface area contributed by atoms with Gasteiger partial charge in [0.1, 0.15) is 11.5 Å². The van der Waals surface area contributed by atoms with Crippen molar-refractivity contribution in [3.63, 3.8) is 0 Å². The van der Waals surface area contributed by atoms with Crippen LogP contribution in [0.2, 0.25) is 10.0 Å². The van der Waals surface area contributed by atoms with Crippen molar-refractivity contribution in [2.75, 3.05) is 0 Å². The number of fused-ring (bicyclic) bond motifs is 1. The standard InChI is InChI=1S/C25H15Cl2NO3S/c26-19-10-18(11-20(27)12-19)22-8-7-21(31-22)13-23-24(29)28(25(30)32-23)14-15-5-6-16-3-1-2-4-17(16)9-15/h1-13H,14H2/b23-13-. The van der Waals surface area contributed by atoms with Crippen LogP contribution in [0.5, 0.6) is 0 Å². The Bertz CT molecular complexity index is 1390. The van der Waals surface area contributed by atoms with Crippen LogP contribution in [0.1, 0.15) is 11.3 Å². The molecule has 0 radical (unpaired) electrons. The predicted molar refractivity (Wildman–Crippen MR) is 130 cm³/mol. The summed E-state index contributed by atoms with van der Waals surface area (Å²) in [4.78, 5) is 27.0. The number of imide groups is 1. The monoisotopic (exact) mass is 479 g/mol. The molecular weight excluding hydrogens is 465 g/mol. The van der Waals surface area contributed by atoms with Gasteiger partial charge in [-0.05, 0) is 64.5 Å². The minimum Gasteiger partial charge on any atom is -0.457 e. The highest BCUT2D eigenvalue weighted by Gasteiger charge is 2.35. The second kappa shape index (κ2) is 8.51. The van der Waals surface area contributed by atoms with Gasteiger partial charge in [0, 0.05) is 21.7 Å². The maximum atomic E-state index is 12.9. The molecule has 0 saturated carbocycles. The van der Waals surface area contributed by atoms with Crippen LogP contribution in [0.15, 0.2) is 82.1 Å². The highest BCUT2D eigenvalue weighted by atomic mass is 35.5. The highest BCUT2D eigenvalue weighted by molar-refractivity contribution is 8.18. The molecule has 1 aliphatic rings. The van der Waals surface area contributed by atoms with Gasteiger partial charge in [-0.15, -0.1) is 0 Å². The van der Waals surface area contributed by atoms with E-state index in [9.17, 15) is 9.59 Å². The van der Waals surface area contributed by atoms with E-state index >= 15 is 0 Å². The molecule has 0 atom stereocenters. The lowest BCUT2D eigenvalue weighted by Gasteiger charge is -2.13. The van der Waals surface area contributed by atoms with E-state index in [0.717, 1.165) is 33.7 Å². The van der Waals surface area contributed by atoms with Gasteiger partial charge in [-0.2, -0.15) is 0 Å². The second-order valence-corrected chi connectivity index (χ2v) is 9.18. The van der Waals surface area contributed by atoms with Crippen molar-refractivity contribution in [2.24, 2.45) is 0 Å². The van der Waals surface area contributed by atoms with Crippen LogP contribution in [0.25, 0.3) is 28.2 Å². The zero-order valence-corrected chi connectivity index (χ0v) is 18.9. The number of nitrogens with zero attached hydrogens (tertiary/aromatic N) is 1. The summed E-state index contributed by atoms with van der Waals surface area (Å²) in [5.41, 5.74) is 1.62. The van der Waals surface area contributed by atoms with Crippen molar-refractivity contribution in [1.82, 2.24) is 4.90 Å². The first-order valence-corrected chi connectivity index (χ1v) is 11.3. The molecule has 7 heteroatoms. The molecule has 5 rings (SSSR count). The number of rotatable bonds is 4. The largest absolute Gasteiger partial charge is 0.457 e. The number of halogens is 2. The Balaban J connectivity index is 1.37. The second-order valence-electron chi connectivity index (χ2n) is 7.31. The van der Waals surface area contributed by atoms with E-state index in [1.54, 1.807) is 36.4 Å². The maximum absolute atomic E-state index is 12.9. The Morgan fingerprint density at radius 2 is 1.62 bits per heavy atom. The van der Waals surface area contributed by atoms with Gasteiger partial charge in [0.05, 0.1) is 11.4 Å². The van der Waals surface area contributed by atoms with E-state index in [-0.39, 0.29) is 17.7 Å². The Labute approximate surface area is 198 Å². The first-order valence-electron chi connectivity index (χ1n) is 9.76. The number of hydrogen-bond donors (Lipinski definition) is 0. The van der Waals surface area contributed by atoms with Gasteiger partial charge in [-0.25, -0.2) is 0 Å². The molecule has 32 heavy (non-hydrogen) atoms. The van der Waals surface area contributed by atoms with Gasteiger partial charge in [0.2, 0.25) is 0 Å². The zero-order valence-electron chi connectivity index (χ0n) is 16.5. The summed E-state index contributed by atoms with van der Waals surface area (Å²) >= 11 is 13.0. The normalized spacial score (nSPS) is 15.3. The third kappa shape index (κ3) is 4.19. The quantitative estimate of drug-likeness (QED) is 0.282. The smallest absolute Gasteiger partial charge is 0.293 e. The number of amides is 2. The lowest BCUT2D eigenvalue weighted by atomic mass is 10.1. The summed E-state index contributed by atoms with van der Waals surface area (Å²) in [5, 5.41) is 2.87. The molecule has 4 nitrogen and oxygen atoms in total. The molecule has 4 aromatic rings. The van der Waals surface area contributed by atoms with E-state index in [2.05, 4.69) is 0 Å². The van der Waals surface area contributed by atoms with Crippen LogP contribution in [0, 0.1) is 0 Å². The summed E-state index contributed by atoms with van der Waals surface area (Å²) in [6.45, 7) is 0.220. The molecular formula is C25H15Cl2NO3S. The van der Waals surface area contributed by atoms with E-state index in [4.69, 9.17) is 27.6 Å². The molecule has 3 aromatic carbocycles. The molecule has 2 amide bonds. The fraction of sp³-hybridized carbons (Fsp3) is 0.0400. The molecule has 158 valence electrons. The average Bonchev–Trinajstić information content (AvgIpc) is 3.33. The van der Waals surface area contributed by atoms with E-state index < -0.39 is 0 Å². The van der Waals surface area contributed by atoms with Crippen molar-refractivity contribution >= 4 is 63.0 Å². The van der Waals surface area contributed by atoms with Crippen molar-refractivity contribution in [3.05, 3.63) is 99.1 Å². The minimum absolute atomic E-state index is 0.220. The van der Waals surface area contributed by atoms with Crippen LogP contribution < -0.4 is 0 Å². The first-order chi connectivity index (χ1) is 15.5. The van der Waals surface area contributed by atoms with Crippen LogP contribution in [-0.2, 0) is 11.3 Å². The van der Waals surface area contributed by atoms with Crippen molar-refractivity contribution < 1.29 is 14.0 Å². The van der Waals surface area contributed by atoms with Crippen molar-refractivity contribution in [1.29, 1.82) is 0 Å². The van der Waals surface area contributed by atoms with Gasteiger partial charge < -0.3 is 4.42 Å². The molecule has 1 saturated heterocycles. The van der Waals surface area contributed by atoms with Crippen molar-refractivity contribution in [2.45, 2.75) is 6.54 Å². The van der Waals surface area contributed by atoms with Crippen LogP contribution >= 0.6 is 35.0 Å². The number of carbonyl (C=O) groups excluding carboxylic acids is 2. The molecule has 0 spiro atoms. The van der Waals surface area contributed by atoms with Gasteiger partial charge >= 0.3 is 0 Å². The topological polar surface area (TPSA) is 50.5 Å². The van der Waals surface area contributed by atoms with Gasteiger partial charge in [0.25, 0.3) is 11.1 Å². The summed E-state index contributed by atoms with van der Waals surface area (Å²) in [5.74, 6) is 0.695. The van der Waals surface area contributed by atoms with Gasteiger partial charge in [-0.1, -0.05) is 59.6 Å². The molecule has 1 fully saturated rings. The van der Waals surface area contributed by atoms with Crippen LogP contribution in [-0.4, -0.2) is 16.0 Å². The highest BCUT2D eigenvalue weighted by Crippen LogP contribution is 2.35. The Morgan fingerprint density at radius 3 is 2.41 bits per heavy atom. The van der Waals surface area contributed by atoms with E-state index in [1.165, 1.54) is 4.90 Å². The minimum atomic E-state index is -0.336.